The number of halogens is 2. The summed E-state index contributed by atoms with van der Waals surface area (Å²) in [7, 11) is 0. The van der Waals surface area contributed by atoms with Crippen molar-refractivity contribution in [1.29, 1.82) is 0 Å². The minimum absolute atomic E-state index is 0.0884. The molecule has 0 aliphatic heterocycles. The second kappa shape index (κ2) is 7.04. The summed E-state index contributed by atoms with van der Waals surface area (Å²) in [6, 6.07) is 4.10. The van der Waals surface area contributed by atoms with Gasteiger partial charge in [0.05, 0.1) is 6.61 Å². The van der Waals surface area contributed by atoms with Crippen molar-refractivity contribution in [1.82, 2.24) is 5.32 Å². The summed E-state index contributed by atoms with van der Waals surface area (Å²) >= 11 is 6.10. The first-order valence-electron chi connectivity index (χ1n) is 6.75. The molecule has 0 aromatic heterocycles. The minimum Gasteiger partial charge on any atom is -0.464 e. The fourth-order valence-electron chi connectivity index (χ4n) is 2.01. The van der Waals surface area contributed by atoms with E-state index in [0.717, 1.165) is 6.42 Å². The van der Waals surface area contributed by atoms with Crippen LogP contribution in [0.4, 0.5) is 4.39 Å². The van der Waals surface area contributed by atoms with Gasteiger partial charge in [0.1, 0.15) is 11.4 Å². The van der Waals surface area contributed by atoms with Crippen LogP contribution in [0.3, 0.4) is 0 Å². The fraction of sp³-hybridized carbons (Fsp3) is 0.533. The topological polar surface area (TPSA) is 38.3 Å². The average molecular weight is 302 g/mol. The molecule has 0 saturated heterocycles. The van der Waals surface area contributed by atoms with E-state index in [1.165, 1.54) is 18.2 Å². The molecule has 1 aromatic carbocycles. The molecule has 0 spiro atoms. The van der Waals surface area contributed by atoms with Crippen LogP contribution in [0.5, 0.6) is 0 Å². The van der Waals surface area contributed by atoms with E-state index in [0.29, 0.717) is 5.56 Å². The van der Waals surface area contributed by atoms with E-state index in [1.807, 2.05) is 13.8 Å². The van der Waals surface area contributed by atoms with Crippen molar-refractivity contribution in [2.45, 2.75) is 45.7 Å². The van der Waals surface area contributed by atoms with Crippen LogP contribution in [-0.2, 0) is 15.1 Å². The summed E-state index contributed by atoms with van der Waals surface area (Å²) in [5.41, 5.74) is -0.588. The van der Waals surface area contributed by atoms with Crippen molar-refractivity contribution in [2.24, 2.45) is 0 Å². The van der Waals surface area contributed by atoms with Gasteiger partial charge in [-0.3, -0.25) is 5.32 Å². The molecule has 0 amide bonds. The van der Waals surface area contributed by atoms with E-state index in [-0.39, 0.29) is 17.7 Å². The predicted molar refractivity (Wildman–Crippen MR) is 78.3 cm³/mol. The molecule has 1 N–H and O–H groups in total. The van der Waals surface area contributed by atoms with Crippen LogP contribution in [-0.4, -0.2) is 18.6 Å². The van der Waals surface area contributed by atoms with Gasteiger partial charge in [-0.15, -0.1) is 0 Å². The number of hydrogen-bond donors (Lipinski definition) is 1. The SMILES string of the molecule is CCOC(=O)C(C)(NC(C)CC)c1ccc(F)cc1Cl. The van der Waals surface area contributed by atoms with Crippen LogP contribution in [0, 0.1) is 5.82 Å². The van der Waals surface area contributed by atoms with E-state index in [1.54, 1.807) is 13.8 Å². The third-order valence-corrected chi connectivity index (χ3v) is 3.61. The summed E-state index contributed by atoms with van der Waals surface area (Å²) < 4.78 is 18.3. The second-order valence-electron chi connectivity index (χ2n) is 4.92. The maximum Gasteiger partial charge on any atom is 0.330 e. The van der Waals surface area contributed by atoms with Crippen LogP contribution >= 0.6 is 11.6 Å². The van der Waals surface area contributed by atoms with Crippen molar-refractivity contribution < 1.29 is 13.9 Å². The highest BCUT2D eigenvalue weighted by Crippen LogP contribution is 2.30. The van der Waals surface area contributed by atoms with Crippen LogP contribution in [0.15, 0.2) is 18.2 Å². The lowest BCUT2D eigenvalue weighted by molar-refractivity contribution is -0.151. The third kappa shape index (κ3) is 3.70. The van der Waals surface area contributed by atoms with Gasteiger partial charge in [-0.05, 0) is 39.3 Å². The molecule has 0 bridgehead atoms. The number of benzene rings is 1. The van der Waals surface area contributed by atoms with Gasteiger partial charge >= 0.3 is 5.97 Å². The zero-order valence-electron chi connectivity index (χ0n) is 12.3. The molecule has 0 aliphatic rings. The Labute approximate surface area is 124 Å². The Morgan fingerprint density at radius 2 is 2.15 bits per heavy atom. The van der Waals surface area contributed by atoms with Gasteiger partial charge in [-0.1, -0.05) is 24.6 Å². The summed E-state index contributed by atoms with van der Waals surface area (Å²) in [5.74, 6) is -0.859. The summed E-state index contributed by atoms with van der Waals surface area (Å²) in [6.45, 7) is 7.70. The molecule has 112 valence electrons. The highest BCUT2D eigenvalue weighted by atomic mass is 35.5. The number of carbonyl (C=O) groups is 1. The highest BCUT2D eigenvalue weighted by Gasteiger charge is 2.39. The lowest BCUT2D eigenvalue weighted by Crippen LogP contribution is -2.51. The standard InChI is InChI=1S/C15H21ClFNO2/c1-5-10(3)18-15(4,14(19)20-6-2)12-8-7-11(17)9-13(12)16/h7-10,18H,5-6H2,1-4H3. The van der Waals surface area contributed by atoms with Crippen LogP contribution in [0.2, 0.25) is 5.02 Å². The molecule has 1 aromatic rings. The average Bonchev–Trinajstić information content (AvgIpc) is 2.38. The molecule has 2 atom stereocenters. The Bertz CT molecular complexity index is 481. The van der Waals surface area contributed by atoms with Crippen LogP contribution in [0.1, 0.15) is 39.7 Å². The fourth-order valence-corrected chi connectivity index (χ4v) is 2.37. The minimum atomic E-state index is -1.10. The van der Waals surface area contributed by atoms with Gasteiger partial charge < -0.3 is 4.74 Å². The van der Waals surface area contributed by atoms with E-state index >= 15 is 0 Å². The number of nitrogens with one attached hydrogen (secondary N) is 1. The second-order valence-corrected chi connectivity index (χ2v) is 5.33. The Kier molecular flexibility index (Phi) is 5.96. The molecular weight excluding hydrogens is 281 g/mol. The van der Waals surface area contributed by atoms with Crippen LogP contribution in [0.25, 0.3) is 0 Å². The lowest BCUT2D eigenvalue weighted by atomic mass is 9.90. The summed E-state index contributed by atoms with van der Waals surface area (Å²) in [4.78, 5) is 12.3. The summed E-state index contributed by atoms with van der Waals surface area (Å²) in [5, 5.41) is 3.43. The lowest BCUT2D eigenvalue weighted by Gasteiger charge is -2.32. The van der Waals surface area contributed by atoms with E-state index < -0.39 is 17.3 Å². The van der Waals surface area contributed by atoms with Crippen LogP contribution < -0.4 is 5.32 Å². The Hall–Kier alpha value is -1.13. The highest BCUT2D eigenvalue weighted by molar-refractivity contribution is 6.31. The summed E-state index contributed by atoms with van der Waals surface area (Å²) in [6.07, 6.45) is 0.841. The first kappa shape index (κ1) is 16.9. The molecule has 0 fully saturated rings. The van der Waals surface area contributed by atoms with Crippen molar-refractivity contribution in [3.8, 4) is 0 Å². The van der Waals surface area contributed by atoms with Gasteiger partial charge in [0.15, 0.2) is 0 Å². The van der Waals surface area contributed by atoms with Gasteiger partial charge in [-0.25, -0.2) is 9.18 Å². The number of carbonyl (C=O) groups excluding carboxylic acids is 1. The molecule has 2 unspecified atom stereocenters. The molecular formula is C15H21ClFNO2. The zero-order valence-corrected chi connectivity index (χ0v) is 13.1. The molecule has 20 heavy (non-hydrogen) atoms. The Morgan fingerprint density at radius 3 is 2.65 bits per heavy atom. The molecule has 0 aliphatic carbocycles. The first-order valence-corrected chi connectivity index (χ1v) is 7.13. The monoisotopic (exact) mass is 301 g/mol. The number of hydrogen-bond acceptors (Lipinski definition) is 3. The molecule has 0 radical (unpaired) electrons. The van der Waals surface area contributed by atoms with Crippen molar-refractivity contribution in [3.63, 3.8) is 0 Å². The number of ether oxygens (including phenoxy) is 1. The van der Waals surface area contributed by atoms with E-state index in [9.17, 15) is 9.18 Å². The molecule has 1 rings (SSSR count). The molecule has 0 saturated carbocycles. The van der Waals surface area contributed by atoms with E-state index in [4.69, 9.17) is 16.3 Å². The van der Waals surface area contributed by atoms with Crippen molar-refractivity contribution >= 4 is 17.6 Å². The molecule has 5 heteroatoms. The maximum atomic E-state index is 13.2. The Morgan fingerprint density at radius 1 is 1.50 bits per heavy atom. The molecule has 0 heterocycles. The van der Waals surface area contributed by atoms with Gasteiger partial charge in [0, 0.05) is 16.6 Å². The van der Waals surface area contributed by atoms with Crippen molar-refractivity contribution in [3.05, 3.63) is 34.6 Å². The quantitative estimate of drug-likeness (QED) is 0.815. The maximum absolute atomic E-state index is 13.2. The van der Waals surface area contributed by atoms with Gasteiger partial charge in [0.25, 0.3) is 0 Å². The zero-order chi connectivity index (χ0) is 15.3. The van der Waals surface area contributed by atoms with Gasteiger partial charge in [0.2, 0.25) is 0 Å². The molecule has 3 nitrogen and oxygen atoms in total. The normalized spacial score (nSPS) is 15.5. The Balaban J connectivity index is 3.25. The number of rotatable bonds is 6. The third-order valence-electron chi connectivity index (χ3n) is 3.30. The largest absolute Gasteiger partial charge is 0.464 e. The first-order chi connectivity index (χ1) is 9.35. The predicted octanol–water partition coefficient (Wildman–Crippen LogP) is 3.65. The van der Waals surface area contributed by atoms with E-state index in [2.05, 4.69) is 5.32 Å². The van der Waals surface area contributed by atoms with Gasteiger partial charge in [-0.2, -0.15) is 0 Å². The smallest absolute Gasteiger partial charge is 0.330 e. The number of esters is 1. The van der Waals surface area contributed by atoms with Crippen molar-refractivity contribution in [2.75, 3.05) is 6.61 Å².